The van der Waals surface area contributed by atoms with Crippen molar-refractivity contribution >= 4 is 28.3 Å². The molecule has 43 heavy (non-hydrogen) atoms. The van der Waals surface area contributed by atoms with Crippen LogP contribution in [0.5, 0.6) is 11.8 Å². The Morgan fingerprint density at radius 1 is 1.07 bits per heavy atom. The molecule has 0 aliphatic rings. The molecule has 0 unspecified atom stereocenters. The molecular weight excluding hydrogens is 567 g/mol. The third kappa shape index (κ3) is 7.11. The minimum absolute atomic E-state index is 0.0509. The fourth-order valence-corrected chi connectivity index (χ4v) is 4.42. The highest BCUT2D eigenvalue weighted by atomic mass is 19.4. The Labute approximate surface area is 245 Å². The van der Waals surface area contributed by atoms with Gasteiger partial charge in [0.2, 0.25) is 5.91 Å². The predicted octanol–water partition coefficient (Wildman–Crippen LogP) is 6.43. The maximum absolute atomic E-state index is 13.5. The minimum Gasteiger partial charge on any atom is -0.496 e. The predicted molar refractivity (Wildman–Crippen MR) is 155 cm³/mol. The molecule has 1 N–H and O–H groups in total. The number of alkyl halides is 3. The van der Waals surface area contributed by atoms with Gasteiger partial charge in [-0.3, -0.25) is 14.9 Å². The smallest absolute Gasteiger partial charge is 0.416 e. The van der Waals surface area contributed by atoms with Gasteiger partial charge in [-0.15, -0.1) is 0 Å². The number of hydrogen-bond acceptors (Lipinski definition) is 8. The van der Waals surface area contributed by atoms with Gasteiger partial charge >= 0.3 is 12.2 Å². The first-order valence-corrected chi connectivity index (χ1v) is 13.3. The van der Waals surface area contributed by atoms with E-state index in [0.29, 0.717) is 22.7 Å². The average Bonchev–Trinajstić information content (AvgIpc) is 2.96. The summed E-state index contributed by atoms with van der Waals surface area (Å²) >= 11 is 0. The molecule has 1 aromatic heterocycles. The normalized spacial score (nSPS) is 12.1. The van der Waals surface area contributed by atoms with Gasteiger partial charge in [0.05, 0.1) is 42.2 Å². The van der Waals surface area contributed by atoms with Crippen LogP contribution in [-0.4, -0.2) is 53.5 Å². The molecule has 0 radical (unpaired) electrons. The van der Waals surface area contributed by atoms with Gasteiger partial charge in [-0.05, 0) is 54.8 Å². The maximum atomic E-state index is 13.5. The molecule has 0 bridgehead atoms. The topological polar surface area (TPSA) is 120 Å². The highest BCUT2D eigenvalue weighted by Crippen LogP contribution is 2.36. The number of carbonyl (C=O) groups excluding carboxylic acids is 1. The highest BCUT2D eigenvalue weighted by Gasteiger charge is 2.33. The second-order valence-electron chi connectivity index (χ2n) is 9.95. The van der Waals surface area contributed by atoms with E-state index in [2.05, 4.69) is 15.3 Å². The van der Waals surface area contributed by atoms with Crippen LogP contribution in [0.15, 0.2) is 54.6 Å². The van der Waals surface area contributed by atoms with Gasteiger partial charge in [0.1, 0.15) is 11.6 Å². The van der Waals surface area contributed by atoms with Crippen molar-refractivity contribution in [2.75, 3.05) is 33.1 Å². The van der Waals surface area contributed by atoms with E-state index in [9.17, 15) is 28.1 Å². The number of anilines is 1. The zero-order valence-corrected chi connectivity index (χ0v) is 24.2. The third-order valence-corrected chi connectivity index (χ3v) is 6.74. The molecule has 4 aromatic rings. The number of nitro benzene ring substituents is 1. The van der Waals surface area contributed by atoms with E-state index in [-0.39, 0.29) is 36.3 Å². The molecule has 13 heteroatoms. The molecule has 0 aliphatic carbocycles. The molecule has 4 rings (SSSR count). The lowest BCUT2D eigenvalue weighted by atomic mass is 9.99. The minimum atomic E-state index is -4.77. The van der Waals surface area contributed by atoms with Crippen LogP contribution in [0.3, 0.4) is 0 Å². The number of fused-ring (bicyclic) bond motifs is 1. The summed E-state index contributed by atoms with van der Waals surface area (Å²) in [6.45, 7) is 3.62. The van der Waals surface area contributed by atoms with Crippen LogP contribution < -0.4 is 14.8 Å². The van der Waals surface area contributed by atoms with E-state index in [0.717, 1.165) is 28.8 Å². The molecule has 0 fully saturated rings. The fourth-order valence-electron chi connectivity index (χ4n) is 4.42. The van der Waals surface area contributed by atoms with E-state index in [1.54, 1.807) is 34.0 Å². The number of non-ortho nitro benzene ring substituents is 1. The average molecular weight is 598 g/mol. The van der Waals surface area contributed by atoms with Crippen molar-refractivity contribution in [3.05, 3.63) is 81.4 Å². The Bertz CT molecular complexity index is 1680. The Morgan fingerprint density at radius 2 is 1.77 bits per heavy atom. The zero-order valence-electron chi connectivity index (χ0n) is 24.2. The van der Waals surface area contributed by atoms with Crippen molar-refractivity contribution in [1.82, 2.24) is 14.9 Å². The fraction of sp³-hybridized carbons (Fsp3) is 0.300. The first-order chi connectivity index (χ1) is 20.3. The quantitative estimate of drug-likeness (QED) is 0.164. The van der Waals surface area contributed by atoms with Crippen molar-refractivity contribution in [2.24, 2.45) is 0 Å². The van der Waals surface area contributed by atoms with Crippen LogP contribution >= 0.6 is 0 Å². The number of carbonyl (C=O) groups is 1. The Kier molecular flexibility index (Phi) is 9.02. The largest absolute Gasteiger partial charge is 0.496 e. The van der Waals surface area contributed by atoms with E-state index in [4.69, 9.17) is 9.47 Å². The van der Waals surface area contributed by atoms with Gasteiger partial charge in [0.25, 0.3) is 5.69 Å². The molecule has 10 nitrogen and oxygen atoms in total. The molecule has 1 heterocycles. The van der Waals surface area contributed by atoms with Crippen LogP contribution in [0.25, 0.3) is 22.0 Å². The Morgan fingerprint density at radius 3 is 2.40 bits per heavy atom. The van der Waals surface area contributed by atoms with E-state index in [1.807, 2.05) is 30.3 Å². The van der Waals surface area contributed by atoms with Crippen molar-refractivity contribution in [1.29, 1.82) is 0 Å². The van der Waals surface area contributed by atoms with Crippen LogP contribution in [0.4, 0.5) is 24.7 Å². The van der Waals surface area contributed by atoms with Crippen molar-refractivity contribution in [3.8, 4) is 22.9 Å². The van der Waals surface area contributed by atoms with Crippen molar-refractivity contribution in [3.63, 3.8) is 0 Å². The molecule has 0 spiro atoms. The molecule has 0 saturated heterocycles. The van der Waals surface area contributed by atoms with Gasteiger partial charge in [-0.25, -0.2) is 0 Å². The number of nitrogens with one attached hydrogen (secondary N) is 1. The van der Waals surface area contributed by atoms with Gasteiger partial charge in [-0.2, -0.15) is 23.1 Å². The van der Waals surface area contributed by atoms with Gasteiger partial charge in [-0.1, -0.05) is 18.2 Å². The summed E-state index contributed by atoms with van der Waals surface area (Å²) in [5.41, 5.74) is 1.02. The first kappa shape index (κ1) is 31.0. The van der Waals surface area contributed by atoms with Gasteiger partial charge < -0.3 is 19.7 Å². The zero-order chi connectivity index (χ0) is 31.5. The number of likely N-dealkylation sites (N-methyl/N-ethyl adjacent to an activating group) is 1. The first-order valence-electron chi connectivity index (χ1n) is 13.3. The third-order valence-electron chi connectivity index (χ3n) is 6.74. The number of methoxy groups -OCH3 is 1. The summed E-state index contributed by atoms with van der Waals surface area (Å²) in [6.07, 6.45) is -4.60. The summed E-state index contributed by atoms with van der Waals surface area (Å²) in [7, 11) is 4.88. The van der Waals surface area contributed by atoms with Crippen LogP contribution in [0, 0.1) is 10.1 Å². The summed E-state index contributed by atoms with van der Waals surface area (Å²) in [6, 6.07) is 12.6. The number of rotatable bonds is 10. The lowest BCUT2D eigenvalue weighted by molar-refractivity contribution is -0.385. The summed E-state index contributed by atoms with van der Waals surface area (Å²) < 4.78 is 51.6. The molecule has 1 amide bonds. The second kappa shape index (κ2) is 12.5. The summed E-state index contributed by atoms with van der Waals surface area (Å²) in [5, 5.41) is 15.0. The molecule has 0 aliphatic heterocycles. The van der Waals surface area contributed by atoms with Crippen molar-refractivity contribution in [2.45, 2.75) is 32.5 Å². The van der Waals surface area contributed by atoms with Crippen LogP contribution in [-0.2, 0) is 17.4 Å². The lowest BCUT2D eigenvalue weighted by Crippen LogP contribution is -2.23. The Balaban J connectivity index is 1.77. The van der Waals surface area contributed by atoms with E-state index < -0.39 is 28.4 Å². The molecule has 226 valence electrons. The second-order valence-corrected chi connectivity index (χ2v) is 9.95. The van der Waals surface area contributed by atoms with E-state index >= 15 is 0 Å². The summed E-state index contributed by atoms with van der Waals surface area (Å²) in [4.78, 5) is 33.2. The number of hydrogen-bond donors (Lipinski definition) is 1. The molecule has 1 atom stereocenters. The SMILES string of the molecule is CCOc1nc(N[C@H](C)c2cc([N+](=O)[O-])cc(C(F)(F)F)c2)c2cc(-c3ccc(CC(=O)N(C)C)c(OC)c3)ccc2n1. The highest BCUT2D eigenvalue weighted by molar-refractivity contribution is 5.93. The number of aromatic nitrogens is 2. The van der Waals surface area contributed by atoms with Gasteiger partial charge in [0.15, 0.2) is 0 Å². The number of nitro groups is 1. The van der Waals surface area contributed by atoms with Crippen LogP contribution in [0.1, 0.15) is 36.6 Å². The van der Waals surface area contributed by atoms with Crippen molar-refractivity contribution < 1.29 is 32.4 Å². The maximum Gasteiger partial charge on any atom is 0.416 e. The number of ether oxygens (including phenoxy) is 2. The van der Waals surface area contributed by atoms with Crippen LogP contribution in [0.2, 0.25) is 0 Å². The monoisotopic (exact) mass is 597 g/mol. The number of benzene rings is 3. The molecule has 3 aromatic carbocycles. The Hall–Kier alpha value is -4.94. The molecule has 0 saturated carbocycles. The number of amides is 1. The molecular formula is C30H30F3N5O5. The number of nitrogens with zero attached hydrogens (tertiary/aromatic N) is 4. The number of halogens is 3. The standard InChI is InChI=1S/C30H30F3N5O5/c1-6-43-29-35-25-10-9-18(19-7-8-20(26(14-19)42-5)15-27(39)37(3)4)13-24(25)28(36-29)34-17(2)21-11-22(30(31,32)33)16-23(12-21)38(40)41/h7-14,16-17H,6,15H2,1-5H3,(H,34,35,36)/t17-/m1/s1. The lowest BCUT2D eigenvalue weighted by Gasteiger charge is -2.19. The summed E-state index contributed by atoms with van der Waals surface area (Å²) in [5.74, 6) is 0.729. The van der Waals surface area contributed by atoms with E-state index in [1.165, 1.54) is 12.0 Å². The van der Waals surface area contributed by atoms with Gasteiger partial charge in [0, 0.05) is 37.2 Å².